The molecule has 472 valence electrons. The lowest BCUT2D eigenvalue weighted by Crippen LogP contribution is -2.10. The van der Waals surface area contributed by atoms with Crippen LogP contribution in [0.4, 0.5) is 0 Å². The van der Waals surface area contributed by atoms with Gasteiger partial charge in [0, 0.05) is 54.0 Å². The number of aryl methyl sites for hydroxylation is 4. The molecule has 0 N–H and O–H groups in total. The van der Waals surface area contributed by atoms with Crippen LogP contribution in [0.2, 0.25) is 0 Å². The molecule has 14 heteroatoms. The van der Waals surface area contributed by atoms with Gasteiger partial charge in [0.15, 0.2) is 40.2 Å². The Morgan fingerprint density at radius 1 is 0.340 bits per heavy atom. The lowest BCUT2D eigenvalue weighted by atomic mass is 9.87. The number of rotatable bonds is 8. The fraction of sp³-hybridized carbons (Fsp3) is 0.138. The number of para-hydroxylation sites is 5. The minimum atomic E-state index is 0.170. The van der Waals surface area contributed by atoms with E-state index in [1.807, 2.05) is 266 Å². The molecule has 0 fully saturated rings. The molecule has 0 aliphatic rings. The van der Waals surface area contributed by atoms with E-state index in [0.717, 1.165) is 84.5 Å². The van der Waals surface area contributed by atoms with E-state index < -0.39 is 0 Å². The van der Waals surface area contributed by atoms with Crippen LogP contribution in [-0.2, 0) is 5.41 Å². The van der Waals surface area contributed by atoms with Crippen LogP contribution in [0.15, 0.2) is 286 Å². The summed E-state index contributed by atoms with van der Waals surface area (Å²) in [5.74, 6) is 7.95. The first-order valence-electron chi connectivity index (χ1n) is 30.7. The molecule has 94 heavy (non-hydrogen) atoms. The van der Waals surface area contributed by atoms with Gasteiger partial charge in [0.25, 0.3) is 0 Å². The first-order valence-corrected chi connectivity index (χ1v) is 30.7. The number of allylic oxidation sites excluding steroid dienone is 3. The zero-order valence-electron chi connectivity index (χ0n) is 54.5. The summed E-state index contributed by atoms with van der Waals surface area (Å²) >= 11 is 0. The van der Waals surface area contributed by atoms with E-state index in [9.17, 15) is 0 Å². The van der Waals surface area contributed by atoms with Gasteiger partial charge in [-0.25, -0.2) is 24.9 Å². The Hall–Kier alpha value is -11.8. The first-order chi connectivity index (χ1) is 45.7. The molecular weight excluding hydrogens is 1170 g/mol. The molecule has 14 nitrogen and oxygen atoms in total. The van der Waals surface area contributed by atoms with Crippen LogP contribution < -0.4 is 0 Å². The molecule has 0 bridgehead atoms. The quantitative estimate of drug-likeness (QED) is 0.140. The molecule has 0 saturated carbocycles. The topological polar surface area (TPSA) is 182 Å². The second kappa shape index (κ2) is 33.3. The molecule has 0 atom stereocenters. The van der Waals surface area contributed by atoms with Gasteiger partial charge in [0.2, 0.25) is 29.5 Å². The fourth-order valence-electron chi connectivity index (χ4n) is 9.15. The van der Waals surface area contributed by atoms with Crippen molar-refractivity contribution in [1.82, 2.24) is 35.1 Å². The van der Waals surface area contributed by atoms with Crippen molar-refractivity contribution < 1.29 is 30.9 Å². The number of furan rings is 1. The number of hydrogen-bond donors (Lipinski definition) is 0. The van der Waals surface area contributed by atoms with Gasteiger partial charge in [-0.3, -0.25) is 0 Å². The van der Waals surface area contributed by atoms with Crippen LogP contribution in [0, 0.1) is 27.7 Å². The molecule has 7 aromatic heterocycles. The van der Waals surface area contributed by atoms with E-state index in [1.165, 1.54) is 16.5 Å². The van der Waals surface area contributed by atoms with Crippen LogP contribution in [-0.4, -0.2) is 35.1 Å². The van der Waals surface area contributed by atoms with Crippen molar-refractivity contribution in [1.29, 1.82) is 0 Å². The van der Waals surface area contributed by atoms with Gasteiger partial charge in [0.1, 0.15) is 22.4 Å². The molecule has 0 unspecified atom stereocenters. The zero-order valence-corrected chi connectivity index (χ0v) is 54.5. The summed E-state index contributed by atoms with van der Waals surface area (Å²) in [6.45, 7) is 19.9. The highest BCUT2D eigenvalue weighted by Crippen LogP contribution is 2.28. The third-order valence-corrected chi connectivity index (χ3v) is 13.7. The van der Waals surface area contributed by atoms with E-state index in [2.05, 4.69) is 86.2 Å². The van der Waals surface area contributed by atoms with Crippen molar-refractivity contribution in [2.45, 2.75) is 74.7 Å². The summed E-state index contributed by atoms with van der Waals surface area (Å²) in [7, 11) is 0. The normalized spacial score (nSPS) is 11.0. The predicted molar refractivity (Wildman–Crippen MR) is 377 cm³/mol. The summed E-state index contributed by atoms with van der Waals surface area (Å²) in [4.78, 5) is 20.9. The third kappa shape index (κ3) is 19.6. The van der Waals surface area contributed by atoms with E-state index >= 15 is 0 Å². The summed E-state index contributed by atoms with van der Waals surface area (Å²) in [6, 6.07) is 71.8. The van der Waals surface area contributed by atoms with E-state index in [0.29, 0.717) is 35.3 Å². The molecule has 0 aliphatic heterocycles. The highest BCUT2D eigenvalue weighted by molar-refractivity contribution is 5.78. The van der Waals surface area contributed by atoms with Gasteiger partial charge in [0.05, 0.1) is 18.6 Å². The Balaban J connectivity index is 0.000000131. The third-order valence-electron chi connectivity index (χ3n) is 13.7. The molecule has 0 aliphatic carbocycles. The maximum absolute atomic E-state index is 5.83. The van der Waals surface area contributed by atoms with E-state index in [4.69, 9.17) is 30.9 Å². The van der Waals surface area contributed by atoms with Gasteiger partial charge in [-0.05, 0) is 117 Å². The van der Waals surface area contributed by atoms with Gasteiger partial charge in [-0.15, -0.1) is 10.2 Å². The second-order valence-corrected chi connectivity index (χ2v) is 22.1. The Kier molecular flexibility index (Phi) is 23.6. The minimum absolute atomic E-state index is 0.170. The molecular formula is C80H75N7O7. The maximum atomic E-state index is 5.83. The Labute approximate surface area is 547 Å². The second-order valence-electron chi connectivity index (χ2n) is 22.1. The molecule has 15 rings (SSSR count). The van der Waals surface area contributed by atoms with Crippen molar-refractivity contribution in [3.05, 3.63) is 302 Å². The average molecular weight is 1250 g/mol. The fourth-order valence-corrected chi connectivity index (χ4v) is 9.15. The van der Waals surface area contributed by atoms with Gasteiger partial charge < -0.3 is 30.9 Å². The highest BCUT2D eigenvalue weighted by atomic mass is 16.4. The smallest absolute Gasteiger partial charge is 0.247 e. The van der Waals surface area contributed by atoms with E-state index in [-0.39, 0.29) is 5.41 Å². The number of oxazole rings is 5. The molecule has 0 spiro atoms. The molecule has 7 heterocycles. The van der Waals surface area contributed by atoms with Gasteiger partial charge in [-0.2, -0.15) is 0 Å². The molecule has 15 aromatic rings. The van der Waals surface area contributed by atoms with Crippen LogP contribution in [0.25, 0.3) is 108 Å². The molecule has 8 aromatic carbocycles. The number of aromatic nitrogens is 7. The summed E-state index contributed by atoms with van der Waals surface area (Å²) in [5.41, 5.74) is 12.3. The lowest BCUT2D eigenvalue weighted by Gasteiger charge is -2.18. The zero-order chi connectivity index (χ0) is 66.1. The van der Waals surface area contributed by atoms with Gasteiger partial charge in [-0.1, -0.05) is 203 Å². The SMILES string of the molecule is C/C=C/c1ccc(-c2ncc(-c3ccccc3)o2)cc1.C/C=C/c1nc2ccccc2o1.C/C=C/c1ncc(-c2ccccc2)o1.Cc1cc2ccccc2o1.Cc1nc2ccccc2o1.Cc1ncc(-c2ccccc2)o1.Cc1nnc(-c2ccc(C(C)(C)C)cc2)o1. The number of hydrogen-bond acceptors (Lipinski definition) is 14. The Morgan fingerprint density at radius 3 is 1.36 bits per heavy atom. The van der Waals surface area contributed by atoms with Crippen LogP contribution >= 0.6 is 0 Å². The van der Waals surface area contributed by atoms with Crippen molar-refractivity contribution in [3.63, 3.8) is 0 Å². The summed E-state index contributed by atoms with van der Waals surface area (Å²) < 4.78 is 38.1. The largest absolute Gasteiger partial charge is 0.461 e. The Bertz CT molecular complexity index is 4620. The lowest BCUT2D eigenvalue weighted by molar-refractivity contribution is 0.532. The molecule has 0 amide bonds. The van der Waals surface area contributed by atoms with Crippen molar-refractivity contribution >= 4 is 51.4 Å². The highest BCUT2D eigenvalue weighted by Gasteiger charge is 2.15. The number of fused-ring (bicyclic) bond motifs is 3. The summed E-state index contributed by atoms with van der Waals surface area (Å²) in [6.07, 6.45) is 16.8. The number of nitrogens with zero attached hydrogens (tertiary/aromatic N) is 7. The van der Waals surface area contributed by atoms with Crippen LogP contribution in [0.5, 0.6) is 0 Å². The van der Waals surface area contributed by atoms with Crippen molar-refractivity contribution in [3.8, 4) is 56.9 Å². The van der Waals surface area contributed by atoms with Crippen LogP contribution in [0.3, 0.4) is 0 Å². The Morgan fingerprint density at radius 2 is 0.830 bits per heavy atom. The standard InChI is InChI=1S/C18H15NO.C13H16N2O.C12H11NO.2C10H9NO.C9H8O.C8H7NO/c1-2-6-14-9-11-16(12-10-14)18-19-13-17(20-18)15-7-4-3-5-8-15;1-9-14-15-12(16-9)10-5-7-11(8-6-10)13(2,3)4;1-2-6-12-13-9-11(14-12)10-7-4-3-5-8-10;1-8-11-7-10(12-8)9-5-3-2-4-6-9;1-2-5-10-11-8-6-3-4-7-9(8)12-10;1-7-6-8-4-2-3-5-9(8)10-7;1-6-9-7-4-2-3-5-8(7)10-6/h2-13H,1H3;5-8H,1-4H3;2-9H,1H3;2*2-7H,1H3;2-6H,1H3;2-5H,1H3/b6-2+;;6-2+;;5-2+;;. The maximum Gasteiger partial charge on any atom is 0.247 e. The average Bonchev–Trinajstić information content (AvgIpc) is 1.77. The summed E-state index contributed by atoms with van der Waals surface area (Å²) in [5, 5.41) is 8.99. The molecule has 0 radical (unpaired) electrons. The number of benzene rings is 8. The van der Waals surface area contributed by atoms with Gasteiger partial charge >= 0.3 is 0 Å². The van der Waals surface area contributed by atoms with Crippen molar-refractivity contribution in [2.24, 2.45) is 0 Å². The van der Waals surface area contributed by atoms with Crippen molar-refractivity contribution in [2.75, 3.05) is 0 Å². The monoisotopic (exact) mass is 1250 g/mol. The molecule has 0 saturated heterocycles. The van der Waals surface area contributed by atoms with Crippen LogP contribution in [0.1, 0.15) is 87.9 Å². The predicted octanol–water partition coefficient (Wildman–Crippen LogP) is 22.1. The first kappa shape index (κ1) is 66.6. The minimum Gasteiger partial charge on any atom is -0.461 e. The van der Waals surface area contributed by atoms with E-state index in [1.54, 1.807) is 25.5 Å².